The second-order valence-corrected chi connectivity index (χ2v) is 3.78. The van der Waals surface area contributed by atoms with Gasteiger partial charge in [0.1, 0.15) is 0 Å². The van der Waals surface area contributed by atoms with E-state index in [1.54, 1.807) is 35.5 Å². The van der Waals surface area contributed by atoms with Crippen molar-refractivity contribution in [3.63, 3.8) is 0 Å². The molecule has 90 valence electrons. The Balaban J connectivity index is 2.32. The van der Waals surface area contributed by atoms with Crippen LogP contribution in [0.1, 0.15) is 10.4 Å². The molecule has 0 aliphatic heterocycles. The van der Waals surface area contributed by atoms with Gasteiger partial charge in [-0.3, -0.25) is 9.78 Å². The number of benzene rings is 1. The number of anilines is 1. The minimum absolute atomic E-state index is 0.0748. The van der Waals surface area contributed by atoms with Crippen LogP contribution in [0.4, 0.5) is 5.69 Å². The summed E-state index contributed by atoms with van der Waals surface area (Å²) >= 11 is 0. The van der Waals surface area contributed by atoms with Crippen LogP contribution in [0.3, 0.4) is 0 Å². The largest absolute Gasteiger partial charge is 0.305 e. The van der Waals surface area contributed by atoms with Crippen LogP contribution in [0.15, 0.2) is 67.5 Å². The number of aromatic nitrogens is 1. The summed E-state index contributed by atoms with van der Waals surface area (Å²) < 4.78 is 0. The molecule has 0 fully saturated rings. The molecule has 0 N–H and O–H groups in total. The maximum absolute atomic E-state index is 12.4. The fraction of sp³-hybridized carbons (Fsp3) is 0.0667. The maximum atomic E-state index is 12.4. The summed E-state index contributed by atoms with van der Waals surface area (Å²) in [5.74, 6) is -0.0748. The van der Waals surface area contributed by atoms with Crippen molar-refractivity contribution in [2.45, 2.75) is 0 Å². The first-order valence-corrected chi connectivity index (χ1v) is 5.71. The van der Waals surface area contributed by atoms with E-state index in [0.29, 0.717) is 12.1 Å². The molecule has 2 rings (SSSR count). The van der Waals surface area contributed by atoms with Gasteiger partial charge >= 0.3 is 0 Å². The van der Waals surface area contributed by atoms with Gasteiger partial charge in [-0.25, -0.2) is 0 Å². The molecule has 1 amide bonds. The van der Waals surface area contributed by atoms with Crippen LogP contribution < -0.4 is 4.90 Å². The third-order valence-electron chi connectivity index (χ3n) is 2.53. The second kappa shape index (κ2) is 5.77. The second-order valence-electron chi connectivity index (χ2n) is 3.78. The van der Waals surface area contributed by atoms with Crippen LogP contribution in [0.25, 0.3) is 0 Å². The minimum atomic E-state index is -0.0748. The van der Waals surface area contributed by atoms with Crippen LogP contribution in [-0.2, 0) is 0 Å². The van der Waals surface area contributed by atoms with E-state index in [9.17, 15) is 4.79 Å². The Bertz CT molecular complexity index is 523. The summed E-state index contributed by atoms with van der Waals surface area (Å²) in [4.78, 5) is 18.0. The van der Waals surface area contributed by atoms with E-state index in [1.807, 2.05) is 30.3 Å². The van der Waals surface area contributed by atoms with Crippen molar-refractivity contribution >= 4 is 11.6 Å². The van der Waals surface area contributed by atoms with Gasteiger partial charge in [-0.1, -0.05) is 24.3 Å². The maximum Gasteiger partial charge on any atom is 0.260 e. The third-order valence-corrected chi connectivity index (χ3v) is 2.53. The first-order chi connectivity index (χ1) is 8.83. The van der Waals surface area contributed by atoms with E-state index in [1.165, 1.54) is 0 Å². The number of carbonyl (C=O) groups is 1. The van der Waals surface area contributed by atoms with Crippen LogP contribution >= 0.6 is 0 Å². The zero-order chi connectivity index (χ0) is 12.8. The molecular formula is C15H14N2O. The predicted molar refractivity (Wildman–Crippen MR) is 72.6 cm³/mol. The lowest BCUT2D eigenvalue weighted by Crippen LogP contribution is -2.31. The Hall–Kier alpha value is -2.42. The molecule has 1 heterocycles. The monoisotopic (exact) mass is 238 g/mol. The van der Waals surface area contributed by atoms with Gasteiger partial charge in [-0.15, -0.1) is 6.58 Å². The van der Waals surface area contributed by atoms with Crippen molar-refractivity contribution < 1.29 is 4.79 Å². The number of pyridine rings is 1. The van der Waals surface area contributed by atoms with Crippen LogP contribution in [0.5, 0.6) is 0 Å². The lowest BCUT2D eigenvalue weighted by Gasteiger charge is -2.21. The number of amides is 1. The predicted octanol–water partition coefficient (Wildman–Crippen LogP) is 2.91. The first-order valence-electron chi connectivity index (χ1n) is 5.71. The zero-order valence-corrected chi connectivity index (χ0v) is 9.99. The van der Waals surface area contributed by atoms with Crippen molar-refractivity contribution in [2.75, 3.05) is 11.4 Å². The van der Waals surface area contributed by atoms with E-state index in [0.717, 1.165) is 5.69 Å². The lowest BCUT2D eigenvalue weighted by atomic mass is 10.2. The molecule has 0 spiro atoms. The van der Waals surface area contributed by atoms with E-state index < -0.39 is 0 Å². The fourth-order valence-electron chi connectivity index (χ4n) is 1.69. The molecule has 0 radical (unpaired) electrons. The highest BCUT2D eigenvalue weighted by Crippen LogP contribution is 2.16. The number of nitrogens with zero attached hydrogens (tertiary/aromatic N) is 2. The summed E-state index contributed by atoms with van der Waals surface area (Å²) in [6, 6.07) is 13.0. The van der Waals surface area contributed by atoms with E-state index in [2.05, 4.69) is 11.6 Å². The van der Waals surface area contributed by atoms with Crippen molar-refractivity contribution in [2.24, 2.45) is 0 Å². The fourth-order valence-corrected chi connectivity index (χ4v) is 1.69. The molecule has 3 heteroatoms. The number of para-hydroxylation sites is 1. The molecule has 0 unspecified atom stereocenters. The Morgan fingerprint density at radius 1 is 1.22 bits per heavy atom. The van der Waals surface area contributed by atoms with Crippen LogP contribution in [-0.4, -0.2) is 17.4 Å². The summed E-state index contributed by atoms with van der Waals surface area (Å²) in [7, 11) is 0. The molecule has 18 heavy (non-hydrogen) atoms. The van der Waals surface area contributed by atoms with Gasteiger partial charge in [0.15, 0.2) is 0 Å². The Morgan fingerprint density at radius 3 is 2.61 bits per heavy atom. The molecule has 0 aliphatic carbocycles. The highest BCUT2D eigenvalue weighted by atomic mass is 16.2. The van der Waals surface area contributed by atoms with Gasteiger partial charge in [0.05, 0.1) is 5.56 Å². The molecule has 1 aromatic carbocycles. The zero-order valence-electron chi connectivity index (χ0n) is 9.99. The van der Waals surface area contributed by atoms with Gasteiger partial charge in [0.2, 0.25) is 0 Å². The van der Waals surface area contributed by atoms with E-state index in [4.69, 9.17) is 0 Å². The molecule has 0 bridgehead atoms. The van der Waals surface area contributed by atoms with Crippen molar-refractivity contribution in [1.29, 1.82) is 0 Å². The highest BCUT2D eigenvalue weighted by molar-refractivity contribution is 6.06. The molecule has 2 aromatic rings. The van der Waals surface area contributed by atoms with Crippen molar-refractivity contribution in [1.82, 2.24) is 4.98 Å². The van der Waals surface area contributed by atoms with Gasteiger partial charge in [0.25, 0.3) is 5.91 Å². The molecule has 0 saturated heterocycles. The summed E-state index contributed by atoms with van der Waals surface area (Å²) in [6.07, 6.45) is 4.93. The van der Waals surface area contributed by atoms with E-state index in [-0.39, 0.29) is 5.91 Å². The highest BCUT2D eigenvalue weighted by Gasteiger charge is 2.15. The molecular weight excluding hydrogens is 224 g/mol. The number of hydrogen-bond acceptors (Lipinski definition) is 2. The molecule has 0 aliphatic rings. The normalized spacial score (nSPS) is 9.78. The SMILES string of the molecule is C=CCN(C(=O)c1cccnc1)c1ccccc1. The van der Waals surface area contributed by atoms with Gasteiger partial charge < -0.3 is 4.90 Å². The summed E-state index contributed by atoms with van der Waals surface area (Å²) in [5.41, 5.74) is 1.43. The molecule has 0 saturated carbocycles. The van der Waals surface area contributed by atoms with Crippen LogP contribution in [0, 0.1) is 0 Å². The number of rotatable bonds is 4. The smallest absolute Gasteiger partial charge is 0.260 e. The van der Waals surface area contributed by atoms with Crippen LogP contribution in [0.2, 0.25) is 0 Å². The first kappa shape index (κ1) is 12.0. The molecule has 3 nitrogen and oxygen atoms in total. The number of hydrogen-bond donors (Lipinski definition) is 0. The van der Waals surface area contributed by atoms with Gasteiger partial charge in [-0.05, 0) is 24.3 Å². The van der Waals surface area contributed by atoms with Crippen molar-refractivity contribution in [3.8, 4) is 0 Å². The standard InChI is InChI=1S/C15H14N2O/c1-2-11-17(14-8-4-3-5-9-14)15(18)13-7-6-10-16-12-13/h2-10,12H,1,11H2. The average molecular weight is 238 g/mol. The summed E-state index contributed by atoms with van der Waals surface area (Å²) in [6.45, 7) is 4.16. The molecule has 0 atom stereocenters. The Kier molecular flexibility index (Phi) is 3.86. The topological polar surface area (TPSA) is 33.2 Å². The van der Waals surface area contributed by atoms with Gasteiger partial charge in [0, 0.05) is 24.6 Å². The molecule has 1 aromatic heterocycles. The van der Waals surface area contributed by atoms with Gasteiger partial charge in [-0.2, -0.15) is 0 Å². The Labute approximate surface area is 106 Å². The lowest BCUT2D eigenvalue weighted by molar-refractivity contribution is 0.0989. The average Bonchev–Trinajstić information content (AvgIpc) is 2.46. The summed E-state index contributed by atoms with van der Waals surface area (Å²) in [5, 5.41) is 0. The number of carbonyl (C=O) groups excluding carboxylic acids is 1. The van der Waals surface area contributed by atoms with Crippen molar-refractivity contribution in [3.05, 3.63) is 73.1 Å². The third kappa shape index (κ3) is 2.63. The minimum Gasteiger partial charge on any atom is -0.305 e. The Morgan fingerprint density at radius 2 is 2.00 bits per heavy atom. The quantitative estimate of drug-likeness (QED) is 0.767. The van der Waals surface area contributed by atoms with E-state index >= 15 is 0 Å².